The van der Waals surface area contributed by atoms with Crippen LogP contribution in [0.5, 0.6) is 5.75 Å². The van der Waals surface area contributed by atoms with E-state index in [9.17, 15) is 13.2 Å². The summed E-state index contributed by atoms with van der Waals surface area (Å²) in [6.45, 7) is 11.0. The molecule has 23 heavy (non-hydrogen) atoms. The molecule has 0 bridgehead atoms. The molecule has 0 saturated carbocycles. The average Bonchev–Trinajstić information content (AvgIpc) is 2.36. The van der Waals surface area contributed by atoms with Crippen LogP contribution < -0.4 is 4.18 Å². The van der Waals surface area contributed by atoms with E-state index in [0.717, 1.165) is 11.8 Å². The van der Waals surface area contributed by atoms with Crippen molar-refractivity contribution in [2.45, 2.75) is 41.2 Å². The van der Waals surface area contributed by atoms with E-state index in [1.165, 1.54) is 0 Å². The monoisotopic (exact) mass is 341 g/mol. The Morgan fingerprint density at radius 1 is 1.17 bits per heavy atom. The molecule has 1 amide bonds. The van der Waals surface area contributed by atoms with E-state index in [4.69, 9.17) is 4.18 Å². The molecule has 0 heterocycles. The van der Waals surface area contributed by atoms with Crippen molar-refractivity contribution in [2.24, 2.45) is 11.3 Å². The summed E-state index contributed by atoms with van der Waals surface area (Å²) < 4.78 is 27.0. The maximum Gasteiger partial charge on any atom is 0.306 e. The number of hydrogen-bond acceptors (Lipinski definition) is 4. The van der Waals surface area contributed by atoms with E-state index < -0.39 is 15.5 Å². The predicted molar refractivity (Wildman–Crippen MR) is 91.6 cm³/mol. The summed E-state index contributed by atoms with van der Waals surface area (Å²) in [7, 11) is -3.53. The zero-order chi connectivity index (χ0) is 17.8. The van der Waals surface area contributed by atoms with Crippen molar-refractivity contribution in [1.82, 2.24) is 4.90 Å². The molecular formula is C17H27NO4S. The minimum atomic E-state index is -3.53. The van der Waals surface area contributed by atoms with Crippen molar-refractivity contribution in [3.63, 3.8) is 0 Å². The molecule has 0 unspecified atom stereocenters. The third-order valence-corrected chi connectivity index (χ3v) is 3.55. The third kappa shape index (κ3) is 7.03. The zero-order valence-corrected chi connectivity index (χ0v) is 15.6. The van der Waals surface area contributed by atoms with Crippen molar-refractivity contribution >= 4 is 16.0 Å². The summed E-state index contributed by atoms with van der Waals surface area (Å²) in [4.78, 5) is 14.4. The van der Waals surface area contributed by atoms with Gasteiger partial charge < -0.3 is 9.08 Å². The van der Waals surface area contributed by atoms with Gasteiger partial charge in [-0.15, -0.1) is 0 Å². The fourth-order valence-electron chi connectivity index (χ4n) is 2.18. The van der Waals surface area contributed by atoms with Gasteiger partial charge in [0.25, 0.3) is 0 Å². The first kappa shape index (κ1) is 19.5. The van der Waals surface area contributed by atoms with Gasteiger partial charge in [0.05, 0.1) is 6.26 Å². The fourth-order valence-corrected chi connectivity index (χ4v) is 2.64. The van der Waals surface area contributed by atoms with Gasteiger partial charge >= 0.3 is 10.1 Å². The van der Waals surface area contributed by atoms with Gasteiger partial charge in [-0.2, -0.15) is 8.42 Å². The Labute approximate surface area is 139 Å². The molecule has 0 saturated heterocycles. The Hall–Kier alpha value is -1.56. The lowest BCUT2D eigenvalue weighted by Gasteiger charge is -2.31. The minimum Gasteiger partial charge on any atom is -0.383 e. The molecule has 0 N–H and O–H groups in total. The number of amides is 1. The van der Waals surface area contributed by atoms with Crippen molar-refractivity contribution in [2.75, 3.05) is 12.8 Å². The maximum atomic E-state index is 12.6. The molecule has 0 fully saturated rings. The fraction of sp³-hybridized carbons (Fsp3) is 0.588. The second-order valence-corrected chi connectivity index (χ2v) is 8.84. The highest BCUT2D eigenvalue weighted by molar-refractivity contribution is 7.86. The smallest absolute Gasteiger partial charge is 0.306 e. The lowest BCUT2D eigenvalue weighted by atomic mass is 9.94. The van der Waals surface area contributed by atoms with Gasteiger partial charge in [0.15, 0.2) is 0 Å². The zero-order valence-electron chi connectivity index (χ0n) is 14.8. The van der Waals surface area contributed by atoms with Crippen LogP contribution in [0.1, 0.15) is 40.2 Å². The van der Waals surface area contributed by atoms with Crippen LogP contribution in [0.2, 0.25) is 0 Å². The largest absolute Gasteiger partial charge is 0.383 e. The second kappa shape index (κ2) is 7.34. The highest BCUT2D eigenvalue weighted by atomic mass is 32.2. The first-order valence-corrected chi connectivity index (χ1v) is 9.48. The number of carbonyl (C=O) groups is 1. The van der Waals surface area contributed by atoms with Crippen LogP contribution in [0, 0.1) is 11.3 Å². The topological polar surface area (TPSA) is 63.7 Å². The number of rotatable bonds is 6. The molecule has 0 aliphatic carbocycles. The number of benzene rings is 1. The molecule has 0 aliphatic rings. The van der Waals surface area contributed by atoms with Gasteiger partial charge in [0.2, 0.25) is 5.91 Å². The number of nitrogens with zero attached hydrogens (tertiary/aromatic N) is 1. The first-order chi connectivity index (χ1) is 10.4. The second-order valence-electron chi connectivity index (χ2n) is 7.26. The van der Waals surface area contributed by atoms with Gasteiger partial charge in [-0.25, -0.2) is 0 Å². The summed E-state index contributed by atoms with van der Waals surface area (Å²) in [6, 6.07) is 6.77. The molecule has 0 aromatic heterocycles. The molecule has 130 valence electrons. The summed E-state index contributed by atoms with van der Waals surface area (Å²) in [6.07, 6.45) is 1.01. The predicted octanol–water partition coefficient (Wildman–Crippen LogP) is 3.06. The molecule has 0 aliphatic heterocycles. The van der Waals surface area contributed by atoms with E-state index in [1.54, 1.807) is 24.3 Å². The average molecular weight is 341 g/mol. The SMILES string of the molecule is CC(C)CN(Cc1ccc(OS(C)(=O)=O)cc1)C(=O)C(C)(C)C. The van der Waals surface area contributed by atoms with Crippen LogP contribution in [0.4, 0.5) is 0 Å². The van der Waals surface area contributed by atoms with Crippen molar-refractivity contribution in [3.05, 3.63) is 29.8 Å². The molecule has 0 radical (unpaired) electrons. The van der Waals surface area contributed by atoms with Gasteiger partial charge in [-0.05, 0) is 23.6 Å². The van der Waals surface area contributed by atoms with Crippen LogP contribution in [0.25, 0.3) is 0 Å². The highest BCUT2D eigenvalue weighted by Crippen LogP contribution is 2.21. The van der Waals surface area contributed by atoms with E-state index in [2.05, 4.69) is 13.8 Å². The van der Waals surface area contributed by atoms with E-state index in [1.807, 2.05) is 25.7 Å². The third-order valence-electron chi connectivity index (χ3n) is 3.06. The van der Waals surface area contributed by atoms with Gasteiger partial charge in [-0.3, -0.25) is 4.79 Å². The van der Waals surface area contributed by atoms with E-state index >= 15 is 0 Å². The maximum absolute atomic E-state index is 12.6. The van der Waals surface area contributed by atoms with Gasteiger partial charge in [0, 0.05) is 18.5 Å². The normalized spacial score (nSPS) is 12.3. The van der Waals surface area contributed by atoms with E-state index in [-0.39, 0.29) is 11.7 Å². The summed E-state index contributed by atoms with van der Waals surface area (Å²) in [5.74, 6) is 0.741. The molecule has 0 spiro atoms. The van der Waals surface area contributed by atoms with Crippen LogP contribution in [0.15, 0.2) is 24.3 Å². The Balaban J connectivity index is 2.89. The molecule has 1 aromatic rings. The molecule has 6 heteroatoms. The Bertz CT molecular complexity index is 628. The first-order valence-electron chi connectivity index (χ1n) is 7.66. The summed E-state index contributed by atoms with van der Waals surface area (Å²) in [5, 5.41) is 0. The lowest BCUT2D eigenvalue weighted by Crippen LogP contribution is -2.41. The van der Waals surface area contributed by atoms with Crippen molar-refractivity contribution in [3.8, 4) is 5.75 Å². The van der Waals surface area contributed by atoms with Crippen LogP contribution in [-0.4, -0.2) is 32.0 Å². The molecule has 1 aromatic carbocycles. The number of hydrogen-bond donors (Lipinski definition) is 0. The Morgan fingerprint density at radius 3 is 2.09 bits per heavy atom. The van der Waals surface area contributed by atoms with Crippen LogP contribution >= 0.6 is 0 Å². The number of carbonyl (C=O) groups excluding carboxylic acids is 1. The standard InChI is InChI=1S/C17H27NO4S/c1-13(2)11-18(16(19)17(3,4)5)12-14-7-9-15(10-8-14)22-23(6,20)21/h7-10,13H,11-12H2,1-6H3. The Morgan fingerprint density at radius 2 is 1.70 bits per heavy atom. The molecular weight excluding hydrogens is 314 g/mol. The van der Waals surface area contributed by atoms with Gasteiger partial charge in [-0.1, -0.05) is 46.8 Å². The van der Waals surface area contributed by atoms with E-state index in [0.29, 0.717) is 19.0 Å². The molecule has 1 rings (SSSR count). The molecule has 5 nitrogen and oxygen atoms in total. The van der Waals surface area contributed by atoms with Crippen molar-refractivity contribution < 1.29 is 17.4 Å². The Kier molecular flexibility index (Phi) is 6.22. The lowest BCUT2D eigenvalue weighted by molar-refractivity contribution is -0.140. The summed E-state index contributed by atoms with van der Waals surface area (Å²) in [5.41, 5.74) is 0.498. The van der Waals surface area contributed by atoms with Gasteiger partial charge in [0.1, 0.15) is 5.75 Å². The minimum absolute atomic E-state index is 0.0997. The highest BCUT2D eigenvalue weighted by Gasteiger charge is 2.27. The molecule has 0 atom stereocenters. The summed E-state index contributed by atoms with van der Waals surface area (Å²) >= 11 is 0. The van der Waals surface area contributed by atoms with Crippen LogP contribution in [-0.2, 0) is 21.5 Å². The van der Waals surface area contributed by atoms with Crippen molar-refractivity contribution in [1.29, 1.82) is 0 Å². The van der Waals surface area contributed by atoms with Crippen LogP contribution in [0.3, 0.4) is 0 Å². The quantitative estimate of drug-likeness (QED) is 0.746.